The standard InChI is InChI=1S/C6H10N3/c7-2-1-6-5-8-3-4-9-6/h6,8H,1,3-5H2. The van der Waals surface area contributed by atoms with E-state index in [2.05, 4.69) is 16.7 Å². The lowest BCUT2D eigenvalue weighted by molar-refractivity contribution is 0.415. The Morgan fingerprint density at radius 2 is 2.67 bits per heavy atom. The van der Waals surface area contributed by atoms with E-state index in [-0.39, 0.29) is 6.04 Å². The van der Waals surface area contributed by atoms with Crippen LogP contribution < -0.4 is 10.6 Å². The van der Waals surface area contributed by atoms with Crippen molar-refractivity contribution < 1.29 is 0 Å². The first-order valence-corrected chi connectivity index (χ1v) is 3.18. The molecule has 1 radical (unpaired) electrons. The number of nitrogens with one attached hydrogen (secondary N) is 1. The monoisotopic (exact) mass is 124 g/mol. The molecular formula is C6H10N3. The third-order valence-electron chi connectivity index (χ3n) is 1.38. The summed E-state index contributed by atoms with van der Waals surface area (Å²) in [5, 5.41) is 15.7. The van der Waals surface area contributed by atoms with Gasteiger partial charge in [-0.2, -0.15) is 5.26 Å². The van der Waals surface area contributed by atoms with Crippen LogP contribution >= 0.6 is 0 Å². The van der Waals surface area contributed by atoms with Gasteiger partial charge in [-0.25, -0.2) is 5.32 Å². The van der Waals surface area contributed by atoms with E-state index >= 15 is 0 Å². The zero-order valence-corrected chi connectivity index (χ0v) is 5.30. The summed E-state index contributed by atoms with van der Waals surface area (Å²) in [4.78, 5) is 0. The molecule has 1 rings (SSSR count). The van der Waals surface area contributed by atoms with E-state index in [9.17, 15) is 0 Å². The van der Waals surface area contributed by atoms with Gasteiger partial charge in [0.15, 0.2) is 0 Å². The highest BCUT2D eigenvalue weighted by Crippen LogP contribution is 1.92. The Kier molecular flexibility index (Phi) is 2.49. The van der Waals surface area contributed by atoms with Crippen molar-refractivity contribution in [2.24, 2.45) is 0 Å². The highest BCUT2D eigenvalue weighted by Gasteiger charge is 2.11. The molecule has 1 atom stereocenters. The van der Waals surface area contributed by atoms with Gasteiger partial charge in [-0.15, -0.1) is 0 Å². The van der Waals surface area contributed by atoms with Crippen molar-refractivity contribution in [3.05, 3.63) is 0 Å². The van der Waals surface area contributed by atoms with E-state index in [0.717, 1.165) is 19.6 Å². The predicted molar refractivity (Wildman–Crippen MR) is 33.9 cm³/mol. The Bertz CT molecular complexity index is 110. The highest BCUT2D eigenvalue weighted by atomic mass is 15.0. The third kappa shape index (κ3) is 2.00. The van der Waals surface area contributed by atoms with Crippen LogP contribution in [0.3, 0.4) is 0 Å². The van der Waals surface area contributed by atoms with Crippen molar-refractivity contribution in [3.8, 4) is 6.07 Å². The molecule has 0 aromatic heterocycles. The molecule has 1 aliphatic rings. The average Bonchev–Trinajstić information content (AvgIpc) is 1.91. The van der Waals surface area contributed by atoms with E-state index in [0.29, 0.717) is 6.42 Å². The topological polar surface area (TPSA) is 49.9 Å². The summed E-state index contributed by atoms with van der Waals surface area (Å²) >= 11 is 0. The van der Waals surface area contributed by atoms with E-state index in [1.54, 1.807) is 0 Å². The number of hydrogen-bond acceptors (Lipinski definition) is 2. The molecule has 0 spiro atoms. The van der Waals surface area contributed by atoms with Crippen LogP contribution in [0.15, 0.2) is 0 Å². The summed E-state index contributed by atoms with van der Waals surface area (Å²) in [5.41, 5.74) is 0. The molecule has 1 saturated heterocycles. The largest absolute Gasteiger partial charge is 0.314 e. The molecular weight excluding hydrogens is 114 g/mol. The van der Waals surface area contributed by atoms with Crippen molar-refractivity contribution in [2.45, 2.75) is 12.5 Å². The second-order valence-corrected chi connectivity index (χ2v) is 2.13. The molecule has 3 nitrogen and oxygen atoms in total. The Balaban J connectivity index is 2.17. The minimum atomic E-state index is 0.253. The van der Waals surface area contributed by atoms with Crippen LogP contribution in [0, 0.1) is 11.3 Å². The molecule has 1 heterocycles. The number of nitrogens with zero attached hydrogens (tertiary/aromatic N) is 2. The first kappa shape index (κ1) is 6.53. The molecule has 0 bridgehead atoms. The van der Waals surface area contributed by atoms with Crippen LogP contribution in [0.25, 0.3) is 0 Å². The van der Waals surface area contributed by atoms with Gasteiger partial charge in [0.25, 0.3) is 0 Å². The zero-order valence-electron chi connectivity index (χ0n) is 5.30. The minimum Gasteiger partial charge on any atom is -0.314 e. The lowest BCUT2D eigenvalue weighted by Crippen LogP contribution is -2.43. The average molecular weight is 124 g/mol. The first-order chi connectivity index (χ1) is 4.43. The van der Waals surface area contributed by atoms with Gasteiger partial charge in [0.05, 0.1) is 18.5 Å². The Morgan fingerprint density at radius 1 is 1.78 bits per heavy atom. The van der Waals surface area contributed by atoms with Crippen LogP contribution in [-0.4, -0.2) is 25.7 Å². The summed E-state index contributed by atoms with van der Waals surface area (Å²) in [6, 6.07) is 2.36. The van der Waals surface area contributed by atoms with Crippen LogP contribution in [0.4, 0.5) is 0 Å². The van der Waals surface area contributed by atoms with Crippen LogP contribution in [-0.2, 0) is 0 Å². The molecule has 1 fully saturated rings. The fourth-order valence-corrected chi connectivity index (χ4v) is 0.901. The lowest BCUT2D eigenvalue weighted by Gasteiger charge is -2.19. The van der Waals surface area contributed by atoms with Gasteiger partial charge in [-0.1, -0.05) is 0 Å². The van der Waals surface area contributed by atoms with Crippen molar-refractivity contribution in [1.82, 2.24) is 10.6 Å². The smallest absolute Gasteiger partial charge is 0.0639 e. The van der Waals surface area contributed by atoms with Gasteiger partial charge in [0.2, 0.25) is 0 Å². The first-order valence-electron chi connectivity index (χ1n) is 3.18. The van der Waals surface area contributed by atoms with Crippen molar-refractivity contribution in [3.63, 3.8) is 0 Å². The third-order valence-corrected chi connectivity index (χ3v) is 1.38. The van der Waals surface area contributed by atoms with E-state index in [4.69, 9.17) is 5.26 Å². The molecule has 0 amide bonds. The maximum Gasteiger partial charge on any atom is 0.0639 e. The second-order valence-electron chi connectivity index (χ2n) is 2.13. The van der Waals surface area contributed by atoms with Gasteiger partial charge in [0, 0.05) is 19.6 Å². The number of hydrogen-bond donors (Lipinski definition) is 1. The number of piperazine rings is 1. The molecule has 1 unspecified atom stereocenters. The number of rotatable bonds is 1. The van der Waals surface area contributed by atoms with Crippen molar-refractivity contribution in [2.75, 3.05) is 19.6 Å². The van der Waals surface area contributed by atoms with Gasteiger partial charge in [-0.3, -0.25) is 0 Å². The quantitative estimate of drug-likeness (QED) is 0.511. The van der Waals surface area contributed by atoms with E-state index in [1.807, 2.05) is 0 Å². The van der Waals surface area contributed by atoms with Crippen LogP contribution in [0.1, 0.15) is 6.42 Å². The maximum atomic E-state index is 8.28. The summed E-state index contributed by atoms with van der Waals surface area (Å²) in [6.45, 7) is 2.72. The van der Waals surface area contributed by atoms with Gasteiger partial charge >= 0.3 is 0 Å². The summed E-state index contributed by atoms with van der Waals surface area (Å²) in [6.07, 6.45) is 0.563. The van der Waals surface area contributed by atoms with E-state index in [1.165, 1.54) is 0 Å². The summed E-state index contributed by atoms with van der Waals surface area (Å²) in [5.74, 6) is 0. The van der Waals surface area contributed by atoms with Gasteiger partial charge in [-0.05, 0) is 0 Å². The zero-order chi connectivity index (χ0) is 6.53. The van der Waals surface area contributed by atoms with Crippen LogP contribution in [0.5, 0.6) is 0 Å². The summed E-state index contributed by atoms with van der Waals surface area (Å²) < 4.78 is 0. The predicted octanol–water partition coefficient (Wildman–Crippen LogP) is -0.524. The van der Waals surface area contributed by atoms with Crippen LogP contribution in [0.2, 0.25) is 0 Å². The molecule has 0 aliphatic carbocycles. The normalized spacial score (nSPS) is 27.2. The minimum absolute atomic E-state index is 0.253. The molecule has 1 N–H and O–H groups in total. The molecule has 9 heavy (non-hydrogen) atoms. The molecule has 1 aliphatic heterocycles. The maximum absolute atomic E-state index is 8.28. The molecule has 0 aromatic carbocycles. The molecule has 49 valence electrons. The SMILES string of the molecule is N#CCC1CNCC[N]1. The van der Waals surface area contributed by atoms with Gasteiger partial charge < -0.3 is 5.32 Å². The van der Waals surface area contributed by atoms with E-state index < -0.39 is 0 Å². The second kappa shape index (κ2) is 3.44. The van der Waals surface area contributed by atoms with Gasteiger partial charge in [0.1, 0.15) is 0 Å². The summed E-state index contributed by atoms with van der Waals surface area (Å²) in [7, 11) is 0. The van der Waals surface area contributed by atoms with Crippen molar-refractivity contribution >= 4 is 0 Å². The highest BCUT2D eigenvalue weighted by molar-refractivity contribution is 4.84. The molecule has 0 saturated carbocycles. The Morgan fingerprint density at radius 3 is 3.22 bits per heavy atom. The lowest BCUT2D eigenvalue weighted by atomic mass is 10.2. The van der Waals surface area contributed by atoms with Crippen molar-refractivity contribution in [1.29, 1.82) is 5.26 Å². The Labute approximate surface area is 55.1 Å². The molecule has 3 heteroatoms. The molecule has 0 aromatic rings. The fraction of sp³-hybridized carbons (Fsp3) is 0.833. The Hall–Kier alpha value is -0.590. The number of nitriles is 1. The fourth-order valence-electron chi connectivity index (χ4n) is 0.901.